The van der Waals surface area contributed by atoms with E-state index in [1.165, 1.54) is 0 Å². The second-order valence-corrected chi connectivity index (χ2v) is 5.02. The first-order chi connectivity index (χ1) is 6.86. The molecule has 4 nitrogen and oxygen atoms in total. The second-order valence-electron chi connectivity index (χ2n) is 5.02. The predicted molar refractivity (Wildman–Crippen MR) is 60.0 cm³/mol. The van der Waals surface area contributed by atoms with Crippen LogP contribution in [-0.4, -0.2) is 59.1 Å². The Kier molecular flexibility index (Phi) is 3.73. The number of hydrogen-bond acceptors (Lipinski definition) is 3. The molecule has 0 aliphatic carbocycles. The number of rotatable bonds is 3. The zero-order valence-corrected chi connectivity index (χ0v) is 10.2. The molecular formula is C11H22N2O2. The van der Waals surface area contributed by atoms with Gasteiger partial charge in [-0.3, -0.25) is 14.6 Å². The molecule has 0 saturated carbocycles. The molecule has 15 heavy (non-hydrogen) atoms. The van der Waals surface area contributed by atoms with Crippen LogP contribution in [0.25, 0.3) is 0 Å². The molecule has 1 aliphatic rings. The molecule has 0 radical (unpaired) electrons. The van der Waals surface area contributed by atoms with Gasteiger partial charge in [0.2, 0.25) is 0 Å². The van der Waals surface area contributed by atoms with Crippen molar-refractivity contribution in [3.05, 3.63) is 0 Å². The number of nitrogens with zero attached hydrogens (tertiary/aromatic N) is 2. The molecule has 0 aromatic heterocycles. The lowest BCUT2D eigenvalue weighted by Gasteiger charge is -2.49. The standard InChI is InChI=1S/C11H22N2O2/c1-5-13-7-9(6-10(14)15)12(4)8-11(13,2)3/h9H,5-8H2,1-4H3,(H,14,15). The smallest absolute Gasteiger partial charge is 0.304 e. The summed E-state index contributed by atoms with van der Waals surface area (Å²) >= 11 is 0. The molecule has 4 heteroatoms. The molecule has 1 saturated heterocycles. The van der Waals surface area contributed by atoms with Gasteiger partial charge in [0.15, 0.2) is 0 Å². The largest absolute Gasteiger partial charge is 0.481 e. The minimum atomic E-state index is -0.706. The molecule has 0 spiro atoms. The minimum Gasteiger partial charge on any atom is -0.481 e. The van der Waals surface area contributed by atoms with E-state index in [0.717, 1.165) is 19.6 Å². The first kappa shape index (κ1) is 12.5. The molecule has 1 rings (SSSR count). The van der Waals surface area contributed by atoms with Crippen LogP contribution >= 0.6 is 0 Å². The van der Waals surface area contributed by atoms with Gasteiger partial charge < -0.3 is 5.11 Å². The Labute approximate surface area is 91.9 Å². The van der Waals surface area contributed by atoms with E-state index in [1.54, 1.807) is 0 Å². The van der Waals surface area contributed by atoms with Gasteiger partial charge in [-0.1, -0.05) is 6.92 Å². The van der Waals surface area contributed by atoms with Gasteiger partial charge in [-0.2, -0.15) is 0 Å². The Morgan fingerprint density at radius 3 is 2.60 bits per heavy atom. The van der Waals surface area contributed by atoms with Crippen molar-refractivity contribution < 1.29 is 9.90 Å². The van der Waals surface area contributed by atoms with Crippen molar-refractivity contribution in [3.8, 4) is 0 Å². The lowest BCUT2D eigenvalue weighted by Crippen LogP contribution is -2.62. The van der Waals surface area contributed by atoms with Gasteiger partial charge in [-0.25, -0.2) is 0 Å². The van der Waals surface area contributed by atoms with Crippen LogP contribution in [0.4, 0.5) is 0 Å². The summed E-state index contributed by atoms with van der Waals surface area (Å²) in [5.74, 6) is -0.706. The molecule has 88 valence electrons. The van der Waals surface area contributed by atoms with E-state index < -0.39 is 5.97 Å². The SMILES string of the molecule is CCN1CC(CC(=O)O)N(C)CC1(C)C. The molecule has 1 heterocycles. The average molecular weight is 214 g/mol. The van der Waals surface area contributed by atoms with E-state index in [-0.39, 0.29) is 18.0 Å². The van der Waals surface area contributed by atoms with E-state index in [2.05, 4.69) is 30.6 Å². The van der Waals surface area contributed by atoms with Crippen molar-refractivity contribution in [3.63, 3.8) is 0 Å². The maximum Gasteiger partial charge on any atom is 0.304 e. The van der Waals surface area contributed by atoms with Crippen molar-refractivity contribution in [2.45, 2.75) is 38.8 Å². The average Bonchev–Trinajstić information content (AvgIpc) is 2.08. The minimum absolute atomic E-state index is 0.149. The van der Waals surface area contributed by atoms with Crippen LogP contribution in [0, 0.1) is 0 Å². The van der Waals surface area contributed by atoms with E-state index in [9.17, 15) is 4.79 Å². The highest BCUT2D eigenvalue weighted by Crippen LogP contribution is 2.24. The molecule has 0 bridgehead atoms. The summed E-state index contributed by atoms with van der Waals surface area (Å²) < 4.78 is 0. The van der Waals surface area contributed by atoms with Gasteiger partial charge in [0.1, 0.15) is 0 Å². The number of carbonyl (C=O) groups is 1. The van der Waals surface area contributed by atoms with Crippen LogP contribution in [0.1, 0.15) is 27.2 Å². The summed E-state index contributed by atoms with van der Waals surface area (Å²) in [4.78, 5) is 15.3. The van der Waals surface area contributed by atoms with Crippen molar-refractivity contribution >= 4 is 5.97 Å². The lowest BCUT2D eigenvalue weighted by atomic mass is 9.95. The predicted octanol–water partition coefficient (Wildman–Crippen LogP) is 0.876. The maximum absolute atomic E-state index is 10.7. The third-order valence-electron chi connectivity index (χ3n) is 3.34. The third-order valence-corrected chi connectivity index (χ3v) is 3.34. The van der Waals surface area contributed by atoms with Crippen molar-refractivity contribution in [1.29, 1.82) is 0 Å². The van der Waals surface area contributed by atoms with E-state index in [0.29, 0.717) is 0 Å². The Morgan fingerprint density at radius 1 is 1.53 bits per heavy atom. The second kappa shape index (κ2) is 4.49. The van der Waals surface area contributed by atoms with Crippen LogP contribution in [0.5, 0.6) is 0 Å². The Hall–Kier alpha value is -0.610. The monoisotopic (exact) mass is 214 g/mol. The summed E-state index contributed by atoms with van der Waals surface area (Å²) in [6.45, 7) is 9.32. The molecule has 0 aromatic rings. The molecular weight excluding hydrogens is 192 g/mol. The van der Waals surface area contributed by atoms with Crippen LogP contribution < -0.4 is 0 Å². The van der Waals surface area contributed by atoms with Gasteiger partial charge >= 0.3 is 5.97 Å². The normalized spacial score (nSPS) is 27.9. The first-order valence-electron chi connectivity index (χ1n) is 5.54. The number of piperazine rings is 1. The Morgan fingerprint density at radius 2 is 2.13 bits per heavy atom. The molecule has 0 aromatic carbocycles. The Bertz CT molecular complexity index is 241. The van der Waals surface area contributed by atoms with Crippen molar-refractivity contribution in [2.24, 2.45) is 0 Å². The van der Waals surface area contributed by atoms with Gasteiger partial charge in [-0.15, -0.1) is 0 Å². The number of carboxylic acid groups (broad SMARTS) is 1. The topological polar surface area (TPSA) is 43.8 Å². The van der Waals surface area contributed by atoms with E-state index >= 15 is 0 Å². The summed E-state index contributed by atoms with van der Waals surface area (Å²) in [7, 11) is 2.02. The molecule has 1 aliphatic heterocycles. The molecule has 1 fully saturated rings. The Balaban J connectivity index is 2.67. The zero-order chi connectivity index (χ0) is 11.6. The van der Waals surface area contributed by atoms with Crippen molar-refractivity contribution in [2.75, 3.05) is 26.7 Å². The third kappa shape index (κ3) is 2.92. The fourth-order valence-corrected chi connectivity index (χ4v) is 2.46. The first-order valence-corrected chi connectivity index (χ1v) is 5.54. The van der Waals surface area contributed by atoms with Crippen LogP contribution in [0.3, 0.4) is 0 Å². The quantitative estimate of drug-likeness (QED) is 0.757. The fourth-order valence-electron chi connectivity index (χ4n) is 2.46. The molecule has 0 amide bonds. The summed E-state index contributed by atoms with van der Waals surface area (Å²) in [5.41, 5.74) is 0.151. The van der Waals surface area contributed by atoms with E-state index in [4.69, 9.17) is 5.11 Å². The number of likely N-dealkylation sites (N-methyl/N-ethyl adjacent to an activating group) is 2. The summed E-state index contributed by atoms with van der Waals surface area (Å²) in [6, 6.07) is 0.149. The van der Waals surface area contributed by atoms with Crippen LogP contribution in [-0.2, 0) is 4.79 Å². The van der Waals surface area contributed by atoms with Gasteiger partial charge in [0, 0.05) is 24.7 Å². The highest BCUT2D eigenvalue weighted by atomic mass is 16.4. The van der Waals surface area contributed by atoms with Crippen molar-refractivity contribution in [1.82, 2.24) is 9.80 Å². The number of aliphatic carboxylic acids is 1. The van der Waals surface area contributed by atoms with E-state index in [1.807, 2.05) is 7.05 Å². The molecule has 1 N–H and O–H groups in total. The molecule has 1 unspecified atom stereocenters. The fraction of sp³-hybridized carbons (Fsp3) is 0.909. The summed E-state index contributed by atoms with van der Waals surface area (Å²) in [5, 5.41) is 8.83. The van der Waals surface area contributed by atoms with Gasteiger partial charge in [-0.05, 0) is 27.4 Å². The number of hydrogen-bond donors (Lipinski definition) is 1. The maximum atomic E-state index is 10.7. The highest BCUT2D eigenvalue weighted by Gasteiger charge is 2.36. The summed E-state index contributed by atoms with van der Waals surface area (Å²) in [6.07, 6.45) is 0.239. The highest BCUT2D eigenvalue weighted by molar-refractivity contribution is 5.67. The van der Waals surface area contributed by atoms with Crippen LogP contribution in [0.2, 0.25) is 0 Å². The molecule has 1 atom stereocenters. The van der Waals surface area contributed by atoms with Gasteiger partial charge in [0.05, 0.1) is 6.42 Å². The number of carboxylic acids is 1. The zero-order valence-electron chi connectivity index (χ0n) is 10.2. The lowest BCUT2D eigenvalue weighted by molar-refractivity contribution is -0.139. The van der Waals surface area contributed by atoms with Crippen LogP contribution in [0.15, 0.2) is 0 Å². The van der Waals surface area contributed by atoms with Gasteiger partial charge in [0.25, 0.3) is 0 Å².